The van der Waals surface area contributed by atoms with E-state index in [1.165, 1.54) is 29.8 Å². The molecule has 0 saturated carbocycles. The minimum absolute atomic E-state index is 0.0321. The highest BCUT2D eigenvalue weighted by Crippen LogP contribution is 2.47. The predicted molar refractivity (Wildman–Crippen MR) is 153 cm³/mol. The molecule has 14 heteroatoms. The van der Waals surface area contributed by atoms with Crippen molar-refractivity contribution < 1.29 is 31.5 Å². The molecule has 0 bridgehead atoms. The van der Waals surface area contributed by atoms with Crippen LogP contribution in [0, 0.1) is 11.6 Å². The molecule has 1 saturated heterocycles. The van der Waals surface area contributed by atoms with Crippen molar-refractivity contribution >= 4 is 34.2 Å². The van der Waals surface area contributed by atoms with Crippen LogP contribution < -0.4 is 15.3 Å². The molecule has 230 valence electrons. The Labute approximate surface area is 248 Å². The smallest absolute Gasteiger partial charge is 0.401 e. The number of anilines is 1. The van der Waals surface area contributed by atoms with Crippen LogP contribution in [0.5, 0.6) is 5.75 Å². The van der Waals surface area contributed by atoms with E-state index in [1.54, 1.807) is 4.90 Å². The summed E-state index contributed by atoms with van der Waals surface area (Å²) in [4.78, 5) is 35.1. The monoisotopic (exact) mass is 625 g/mol. The summed E-state index contributed by atoms with van der Waals surface area (Å²) in [5.74, 6) is -1.69. The quantitative estimate of drug-likeness (QED) is 0.283. The first-order valence-electron chi connectivity index (χ1n) is 13.5. The van der Waals surface area contributed by atoms with Crippen LogP contribution in [0.2, 0.25) is 5.02 Å². The lowest BCUT2D eigenvalue weighted by atomic mass is 9.99. The summed E-state index contributed by atoms with van der Waals surface area (Å²) in [6, 6.07) is 2.99. The van der Waals surface area contributed by atoms with Crippen molar-refractivity contribution in [3.05, 3.63) is 64.1 Å². The third-order valence-electron chi connectivity index (χ3n) is 7.77. The van der Waals surface area contributed by atoms with E-state index in [0.29, 0.717) is 24.5 Å². The highest BCUT2D eigenvalue weighted by atomic mass is 35.5. The molecule has 2 aliphatic rings. The van der Waals surface area contributed by atoms with Crippen LogP contribution in [0.15, 0.2) is 41.7 Å². The molecule has 5 rings (SSSR count). The Hall–Kier alpha value is -3.71. The van der Waals surface area contributed by atoms with Gasteiger partial charge in [0.05, 0.1) is 23.1 Å². The number of nitrogens with zero attached hydrogens (tertiary/aromatic N) is 5. The molecule has 43 heavy (non-hydrogen) atoms. The summed E-state index contributed by atoms with van der Waals surface area (Å²) >= 11 is 6.73. The van der Waals surface area contributed by atoms with Crippen molar-refractivity contribution in [3.8, 4) is 16.9 Å². The number of aromatic nitrogens is 2. The molecular formula is C29H29ClF5N5O3. The van der Waals surface area contributed by atoms with Crippen LogP contribution in [0.1, 0.15) is 19.9 Å². The van der Waals surface area contributed by atoms with E-state index >= 15 is 4.39 Å². The molecule has 3 aromatic rings. The Balaban J connectivity index is 1.72. The minimum atomic E-state index is -4.46. The van der Waals surface area contributed by atoms with Gasteiger partial charge in [-0.25, -0.2) is 13.6 Å². The first kappa shape index (κ1) is 30.7. The second-order valence-corrected chi connectivity index (χ2v) is 11.4. The zero-order valence-corrected chi connectivity index (χ0v) is 24.3. The van der Waals surface area contributed by atoms with Crippen LogP contribution in [-0.4, -0.2) is 83.4 Å². The Bertz CT molecular complexity index is 1660. The zero-order chi connectivity index (χ0) is 31.4. The number of hydrogen-bond donors (Lipinski definition) is 0. The van der Waals surface area contributed by atoms with Gasteiger partial charge < -0.3 is 14.5 Å². The molecule has 1 amide bonds. The number of ether oxygens (including phenoxy) is 1. The third kappa shape index (κ3) is 5.79. The van der Waals surface area contributed by atoms with E-state index in [-0.39, 0.29) is 64.4 Å². The Morgan fingerprint density at radius 3 is 2.58 bits per heavy atom. The number of carbonyl (C=O) groups is 1. The number of alkyl halides is 3. The number of piperazine rings is 1. The number of likely N-dealkylation sites (N-methyl/N-ethyl adjacent to an activating group) is 1. The van der Waals surface area contributed by atoms with Gasteiger partial charge in [-0.1, -0.05) is 18.2 Å². The van der Waals surface area contributed by atoms with E-state index < -0.39 is 36.1 Å². The van der Waals surface area contributed by atoms with Gasteiger partial charge in [0.1, 0.15) is 24.1 Å². The standard InChI is InChI=1S/C29H29ClF5N5O3/c1-5-23(41)38-10-16(3)39(11-15(38)2)27-20-9-21(30)24(19-7-6-17(31)8-22(19)32)26-25(20)40(28(42)36-27)18(13-43-26)12-37(4)14-29(33,34)35/h5-9,15-16,18H,1,10-14H2,2-4H3/t15-,16+,18-/m1/s1. The van der Waals surface area contributed by atoms with Crippen molar-refractivity contribution in [1.29, 1.82) is 0 Å². The van der Waals surface area contributed by atoms with Crippen molar-refractivity contribution in [2.24, 2.45) is 0 Å². The van der Waals surface area contributed by atoms with E-state index in [2.05, 4.69) is 11.6 Å². The van der Waals surface area contributed by atoms with Gasteiger partial charge in [0.2, 0.25) is 5.91 Å². The van der Waals surface area contributed by atoms with Gasteiger partial charge in [-0.3, -0.25) is 14.3 Å². The molecule has 2 aliphatic heterocycles. The topological polar surface area (TPSA) is 70.9 Å². The molecule has 0 unspecified atom stereocenters. The fourth-order valence-electron chi connectivity index (χ4n) is 5.93. The predicted octanol–water partition coefficient (Wildman–Crippen LogP) is 5.03. The molecular weight excluding hydrogens is 597 g/mol. The van der Waals surface area contributed by atoms with Gasteiger partial charge in [-0.15, -0.1) is 0 Å². The van der Waals surface area contributed by atoms with E-state index in [9.17, 15) is 27.2 Å². The van der Waals surface area contributed by atoms with Gasteiger partial charge >= 0.3 is 11.9 Å². The maximum Gasteiger partial charge on any atom is 0.401 e. The lowest BCUT2D eigenvalue weighted by Crippen LogP contribution is -2.58. The molecule has 8 nitrogen and oxygen atoms in total. The molecule has 0 radical (unpaired) electrons. The summed E-state index contributed by atoms with van der Waals surface area (Å²) in [6.45, 7) is 6.22. The van der Waals surface area contributed by atoms with Gasteiger partial charge in [-0.05, 0) is 45.2 Å². The highest BCUT2D eigenvalue weighted by Gasteiger charge is 2.37. The average molecular weight is 626 g/mol. The zero-order valence-electron chi connectivity index (χ0n) is 23.6. The number of hydrogen-bond acceptors (Lipinski definition) is 6. The number of amides is 1. The van der Waals surface area contributed by atoms with Crippen LogP contribution >= 0.6 is 11.6 Å². The normalized spacial score (nSPS) is 20.5. The first-order chi connectivity index (χ1) is 20.2. The summed E-state index contributed by atoms with van der Waals surface area (Å²) < 4.78 is 75.5. The molecule has 0 aliphatic carbocycles. The first-order valence-corrected chi connectivity index (χ1v) is 13.9. The van der Waals surface area contributed by atoms with Crippen LogP contribution in [-0.2, 0) is 4.79 Å². The number of carbonyl (C=O) groups excluding carboxylic acids is 1. The lowest BCUT2D eigenvalue weighted by molar-refractivity contribution is -0.144. The Kier molecular flexibility index (Phi) is 8.16. The summed E-state index contributed by atoms with van der Waals surface area (Å²) in [5, 5.41) is 0.395. The number of rotatable bonds is 6. The Morgan fingerprint density at radius 2 is 1.93 bits per heavy atom. The molecule has 3 heterocycles. The molecule has 3 atom stereocenters. The van der Waals surface area contributed by atoms with Crippen LogP contribution in [0.3, 0.4) is 0 Å². The summed E-state index contributed by atoms with van der Waals surface area (Å²) in [7, 11) is 1.28. The van der Waals surface area contributed by atoms with Gasteiger partial charge in [0.15, 0.2) is 5.75 Å². The molecule has 2 aromatic carbocycles. The maximum absolute atomic E-state index is 15.0. The van der Waals surface area contributed by atoms with Gasteiger partial charge in [-0.2, -0.15) is 18.2 Å². The molecule has 0 spiro atoms. The number of halogens is 6. The number of benzene rings is 2. The largest absolute Gasteiger partial charge is 0.488 e. The third-order valence-corrected chi connectivity index (χ3v) is 8.07. The van der Waals surface area contributed by atoms with Crippen LogP contribution in [0.4, 0.5) is 27.8 Å². The molecule has 0 N–H and O–H groups in total. The van der Waals surface area contributed by atoms with Gasteiger partial charge in [0, 0.05) is 54.3 Å². The van der Waals surface area contributed by atoms with E-state index in [0.717, 1.165) is 11.0 Å². The van der Waals surface area contributed by atoms with Crippen molar-refractivity contribution in [1.82, 2.24) is 19.4 Å². The fourth-order valence-corrected chi connectivity index (χ4v) is 6.23. The van der Waals surface area contributed by atoms with E-state index in [1.807, 2.05) is 18.7 Å². The fraction of sp³-hybridized carbons (Fsp3) is 0.414. The lowest BCUT2D eigenvalue weighted by Gasteiger charge is -2.45. The maximum atomic E-state index is 15.0. The minimum Gasteiger partial charge on any atom is -0.488 e. The molecule has 1 aromatic heterocycles. The summed E-state index contributed by atoms with van der Waals surface area (Å²) in [6.07, 6.45) is -3.23. The highest BCUT2D eigenvalue weighted by molar-refractivity contribution is 6.35. The second-order valence-electron chi connectivity index (χ2n) is 11.0. The summed E-state index contributed by atoms with van der Waals surface area (Å²) in [5.41, 5.74) is -0.567. The van der Waals surface area contributed by atoms with Crippen molar-refractivity contribution in [2.45, 2.75) is 38.1 Å². The molecule has 1 fully saturated rings. The van der Waals surface area contributed by atoms with Gasteiger partial charge in [0.25, 0.3) is 0 Å². The Morgan fingerprint density at radius 1 is 1.21 bits per heavy atom. The SMILES string of the molecule is C=CC(=O)N1C[C@H](C)N(c2nc(=O)n3c4c(c(-c5ccc(F)cc5F)c(Cl)cc24)OC[C@H]3CN(C)CC(F)(F)F)C[C@H]1C. The average Bonchev–Trinajstić information content (AvgIpc) is 2.91. The van der Waals surface area contributed by atoms with E-state index in [4.69, 9.17) is 16.3 Å². The van der Waals surface area contributed by atoms with Crippen molar-refractivity contribution in [2.75, 3.05) is 44.7 Å². The van der Waals surface area contributed by atoms with Crippen LogP contribution in [0.25, 0.3) is 22.0 Å². The van der Waals surface area contributed by atoms with Crippen molar-refractivity contribution in [3.63, 3.8) is 0 Å². The second kappa shape index (κ2) is 11.4.